The number of rotatable bonds is 4. The summed E-state index contributed by atoms with van der Waals surface area (Å²) in [4.78, 5) is 4.42. The maximum Gasteiger partial charge on any atom is 0.131 e. The number of hydrogen-bond acceptors (Lipinski definition) is 4. The second kappa shape index (κ2) is 3.69. The summed E-state index contributed by atoms with van der Waals surface area (Å²) in [5.74, 6) is 4.91. The molecule has 0 aromatic heterocycles. The van der Waals surface area contributed by atoms with Gasteiger partial charge in [0, 0.05) is 5.25 Å². The first-order valence-electron chi connectivity index (χ1n) is 3.38. The monoisotopic (exact) mass is 172 g/mol. The molecule has 1 aliphatic heterocycles. The molecule has 0 aromatic carbocycles. The molecule has 0 saturated carbocycles. The van der Waals surface area contributed by atoms with Crippen LogP contribution in [-0.2, 0) is 4.84 Å². The van der Waals surface area contributed by atoms with Gasteiger partial charge in [0.25, 0.3) is 0 Å². The van der Waals surface area contributed by atoms with Crippen LogP contribution >= 0.6 is 11.8 Å². The Labute approximate surface area is 70.6 Å². The third kappa shape index (κ3) is 2.17. The molecule has 4 heteroatoms. The van der Waals surface area contributed by atoms with Gasteiger partial charge in [0.15, 0.2) is 0 Å². The van der Waals surface area contributed by atoms with E-state index >= 15 is 0 Å². The van der Waals surface area contributed by atoms with Crippen molar-refractivity contribution in [3.63, 3.8) is 0 Å². The molecule has 1 fully saturated rings. The standard InChI is InChI=1S/C7H12N2OS/c1-3-9-6(4-10-8)7-5(2)11-7/h3-5,7,9H,1,8H2,2H3. The van der Waals surface area contributed by atoms with Crippen molar-refractivity contribution in [1.29, 1.82) is 0 Å². The number of nitrogens with one attached hydrogen (secondary N) is 1. The lowest BCUT2D eigenvalue weighted by molar-refractivity contribution is 0.256. The first-order valence-corrected chi connectivity index (χ1v) is 4.32. The van der Waals surface area contributed by atoms with Gasteiger partial charge in [-0.25, -0.2) is 0 Å². The minimum absolute atomic E-state index is 0.497. The van der Waals surface area contributed by atoms with E-state index in [1.165, 1.54) is 6.26 Å². The summed E-state index contributed by atoms with van der Waals surface area (Å²) in [6.45, 7) is 5.72. The lowest BCUT2D eigenvalue weighted by Crippen LogP contribution is -2.12. The molecule has 0 aromatic rings. The fourth-order valence-electron chi connectivity index (χ4n) is 0.886. The van der Waals surface area contributed by atoms with E-state index in [0.29, 0.717) is 10.5 Å². The van der Waals surface area contributed by atoms with Crippen LogP contribution in [-0.4, -0.2) is 10.5 Å². The number of nitrogens with two attached hydrogens (primary N) is 1. The maximum absolute atomic E-state index is 4.91. The van der Waals surface area contributed by atoms with Crippen molar-refractivity contribution in [1.82, 2.24) is 5.32 Å². The van der Waals surface area contributed by atoms with E-state index in [2.05, 4.69) is 23.7 Å². The molecule has 0 radical (unpaired) electrons. The van der Waals surface area contributed by atoms with Crippen molar-refractivity contribution in [2.45, 2.75) is 17.4 Å². The topological polar surface area (TPSA) is 47.3 Å². The summed E-state index contributed by atoms with van der Waals surface area (Å²) in [6.07, 6.45) is 3.14. The molecular formula is C7H12N2OS. The fraction of sp³-hybridized carbons (Fsp3) is 0.429. The first-order chi connectivity index (χ1) is 5.29. The van der Waals surface area contributed by atoms with Crippen LogP contribution in [0.5, 0.6) is 0 Å². The van der Waals surface area contributed by atoms with Crippen molar-refractivity contribution in [2.75, 3.05) is 0 Å². The predicted molar refractivity (Wildman–Crippen MR) is 47.5 cm³/mol. The van der Waals surface area contributed by atoms with Crippen molar-refractivity contribution in [3.8, 4) is 0 Å². The van der Waals surface area contributed by atoms with Gasteiger partial charge in [-0.05, 0) is 6.20 Å². The van der Waals surface area contributed by atoms with E-state index in [4.69, 9.17) is 5.90 Å². The second-order valence-electron chi connectivity index (χ2n) is 2.32. The summed E-state index contributed by atoms with van der Waals surface area (Å²) >= 11 is 1.87. The summed E-state index contributed by atoms with van der Waals surface area (Å²) in [7, 11) is 0. The molecule has 2 unspecified atom stereocenters. The van der Waals surface area contributed by atoms with Crippen molar-refractivity contribution in [3.05, 3.63) is 24.7 Å². The van der Waals surface area contributed by atoms with Crippen LogP contribution < -0.4 is 11.2 Å². The molecule has 0 amide bonds. The summed E-state index contributed by atoms with van der Waals surface area (Å²) in [5, 5.41) is 4.13. The highest BCUT2D eigenvalue weighted by Crippen LogP contribution is 2.44. The minimum Gasteiger partial charge on any atom is -0.417 e. The molecular weight excluding hydrogens is 160 g/mol. The van der Waals surface area contributed by atoms with Gasteiger partial charge < -0.3 is 10.2 Å². The minimum atomic E-state index is 0.497. The molecule has 2 atom stereocenters. The SMILES string of the molecule is C=CNC(=CON)C1SC1C. The zero-order valence-electron chi connectivity index (χ0n) is 6.41. The average molecular weight is 172 g/mol. The van der Waals surface area contributed by atoms with Crippen LogP contribution in [0.4, 0.5) is 0 Å². The van der Waals surface area contributed by atoms with Gasteiger partial charge in [-0.15, -0.1) is 11.8 Å². The highest BCUT2D eigenvalue weighted by atomic mass is 32.2. The Kier molecular flexibility index (Phi) is 2.84. The van der Waals surface area contributed by atoms with Gasteiger partial charge in [-0.2, -0.15) is 5.90 Å². The van der Waals surface area contributed by atoms with Gasteiger partial charge in [-0.3, -0.25) is 0 Å². The Hall–Kier alpha value is -0.610. The van der Waals surface area contributed by atoms with Gasteiger partial charge in [0.2, 0.25) is 0 Å². The summed E-state index contributed by atoms with van der Waals surface area (Å²) in [5.41, 5.74) is 0.986. The molecule has 1 heterocycles. The van der Waals surface area contributed by atoms with Crippen LogP contribution in [0.1, 0.15) is 6.92 Å². The second-order valence-corrected chi connectivity index (χ2v) is 3.84. The molecule has 3 N–H and O–H groups in total. The summed E-state index contributed by atoms with van der Waals surface area (Å²) in [6, 6.07) is 0. The van der Waals surface area contributed by atoms with E-state index in [-0.39, 0.29) is 0 Å². The van der Waals surface area contributed by atoms with Crippen molar-refractivity contribution in [2.24, 2.45) is 5.90 Å². The fourth-order valence-corrected chi connectivity index (χ4v) is 1.68. The molecule has 1 rings (SSSR count). The third-order valence-electron chi connectivity index (χ3n) is 1.48. The lowest BCUT2D eigenvalue weighted by Gasteiger charge is -2.02. The van der Waals surface area contributed by atoms with Gasteiger partial charge in [0.05, 0.1) is 10.9 Å². The Bertz CT molecular complexity index is 181. The highest BCUT2D eigenvalue weighted by Gasteiger charge is 2.37. The molecule has 11 heavy (non-hydrogen) atoms. The molecule has 0 bridgehead atoms. The zero-order chi connectivity index (χ0) is 8.27. The van der Waals surface area contributed by atoms with E-state index in [1.807, 2.05) is 11.8 Å². The van der Waals surface area contributed by atoms with Gasteiger partial charge in [0.1, 0.15) is 6.26 Å². The van der Waals surface area contributed by atoms with Crippen LogP contribution in [0.15, 0.2) is 24.7 Å². The Morgan fingerprint density at radius 2 is 2.45 bits per heavy atom. The molecule has 0 aliphatic carbocycles. The van der Waals surface area contributed by atoms with Crippen LogP contribution in [0, 0.1) is 0 Å². The average Bonchev–Trinajstić information content (AvgIpc) is 2.67. The normalized spacial score (nSPS) is 29.5. The van der Waals surface area contributed by atoms with E-state index in [9.17, 15) is 0 Å². The molecule has 1 aliphatic rings. The van der Waals surface area contributed by atoms with Crippen LogP contribution in [0.2, 0.25) is 0 Å². The smallest absolute Gasteiger partial charge is 0.131 e. The van der Waals surface area contributed by atoms with Crippen molar-refractivity contribution < 1.29 is 4.84 Å². The Morgan fingerprint density at radius 3 is 2.82 bits per heavy atom. The van der Waals surface area contributed by atoms with Gasteiger partial charge in [-0.1, -0.05) is 13.5 Å². The van der Waals surface area contributed by atoms with Crippen molar-refractivity contribution >= 4 is 11.8 Å². The number of thioether (sulfide) groups is 1. The van der Waals surface area contributed by atoms with Gasteiger partial charge >= 0.3 is 0 Å². The van der Waals surface area contributed by atoms with E-state index < -0.39 is 0 Å². The molecule has 62 valence electrons. The molecule has 0 spiro atoms. The number of hydrogen-bond donors (Lipinski definition) is 2. The maximum atomic E-state index is 4.91. The van der Waals surface area contributed by atoms with Crippen LogP contribution in [0.3, 0.4) is 0 Å². The Balaban J connectivity index is 2.46. The Morgan fingerprint density at radius 1 is 1.82 bits per heavy atom. The zero-order valence-corrected chi connectivity index (χ0v) is 7.23. The predicted octanol–water partition coefficient (Wildman–Crippen LogP) is 0.955. The van der Waals surface area contributed by atoms with E-state index in [1.54, 1.807) is 6.20 Å². The first kappa shape index (κ1) is 8.49. The molecule has 3 nitrogen and oxygen atoms in total. The largest absolute Gasteiger partial charge is 0.417 e. The summed E-state index contributed by atoms with van der Waals surface area (Å²) < 4.78 is 0. The quantitative estimate of drug-likeness (QED) is 0.376. The highest BCUT2D eigenvalue weighted by molar-refractivity contribution is 8.07. The third-order valence-corrected chi connectivity index (χ3v) is 2.82. The van der Waals surface area contributed by atoms with E-state index in [0.717, 1.165) is 5.70 Å². The molecule has 1 saturated heterocycles. The van der Waals surface area contributed by atoms with Crippen LogP contribution in [0.25, 0.3) is 0 Å². The lowest BCUT2D eigenvalue weighted by atomic mass is 10.3.